The predicted molar refractivity (Wildman–Crippen MR) is 226 cm³/mol. The van der Waals surface area contributed by atoms with Crippen molar-refractivity contribution in [1.82, 2.24) is 19.9 Å². The normalized spacial score (nSPS) is 10.5. The summed E-state index contributed by atoms with van der Waals surface area (Å²) < 4.78 is 0.670. The summed E-state index contributed by atoms with van der Waals surface area (Å²) in [7, 11) is 0. The average molecular weight is 852 g/mol. The van der Waals surface area contributed by atoms with Crippen LogP contribution < -0.4 is 21.4 Å². The third-order valence-corrected chi connectivity index (χ3v) is 9.51. The third kappa shape index (κ3) is 8.72. The number of amides is 2. The molecule has 7 rings (SSSR count). The van der Waals surface area contributed by atoms with E-state index in [1.807, 2.05) is 24.3 Å². The Morgan fingerprint density at radius 3 is 1.56 bits per heavy atom. The maximum absolute atomic E-state index is 13.4. The number of hydrogen-bond acceptors (Lipinski definition) is 10. The highest BCUT2D eigenvalue weighted by Gasteiger charge is 2.27. The Bertz CT molecular complexity index is 2590. The number of nitrogens with two attached hydrogens (primary N) is 1. The van der Waals surface area contributed by atoms with Gasteiger partial charge in [0.15, 0.2) is 0 Å². The van der Waals surface area contributed by atoms with E-state index in [0.29, 0.717) is 65.0 Å². The molecule has 2 amide bonds. The van der Waals surface area contributed by atoms with Crippen LogP contribution in [-0.4, -0.2) is 31.7 Å². The highest BCUT2D eigenvalue weighted by Crippen LogP contribution is 2.36. The van der Waals surface area contributed by atoms with E-state index in [9.17, 15) is 15.3 Å². The first-order valence-electron chi connectivity index (χ1n) is 16.9. The number of hydrazone groups is 1. The minimum Gasteiger partial charge on any atom is -0.350 e. The fourth-order valence-electron chi connectivity index (χ4n) is 5.66. The number of anilines is 5. The van der Waals surface area contributed by atoms with Crippen molar-refractivity contribution in [3.8, 4) is 34.4 Å². The second kappa shape index (κ2) is 17.1. The van der Waals surface area contributed by atoms with Gasteiger partial charge in [0.1, 0.15) is 17.1 Å². The molecule has 0 fully saturated rings. The molecular weight excluding hydrogens is 825 g/mol. The molecule has 2 heterocycles. The highest BCUT2D eigenvalue weighted by atomic mass is 79.9. The second-order valence-electron chi connectivity index (χ2n) is 12.1. The van der Waals surface area contributed by atoms with Crippen LogP contribution in [-0.2, 0) is 0 Å². The number of primary amides is 1. The zero-order valence-electron chi connectivity index (χ0n) is 29.4. The Morgan fingerprint density at radius 1 is 0.667 bits per heavy atom. The molecule has 0 aliphatic carbocycles. The summed E-state index contributed by atoms with van der Waals surface area (Å²) in [5, 5.41) is 31.9. The van der Waals surface area contributed by atoms with Crippen LogP contribution in [0.3, 0.4) is 0 Å². The summed E-state index contributed by atoms with van der Waals surface area (Å²) in [6.45, 7) is 0. The van der Waals surface area contributed by atoms with Crippen molar-refractivity contribution in [2.24, 2.45) is 10.8 Å². The molecule has 0 bridgehead atoms. The van der Waals surface area contributed by atoms with Crippen LogP contribution in [0.5, 0.6) is 0 Å². The van der Waals surface area contributed by atoms with Crippen molar-refractivity contribution in [3.63, 3.8) is 0 Å². The van der Waals surface area contributed by atoms with Gasteiger partial charge in [-0.1, -0.05) is 81.6 Å². The van der Waals surface area contributed by atoms with Crippen molar-refractivity contribution in [2.45, 2.75) is 0 Å². The van der Waals surface area contributed by atoms with Gasteiger partial charge in [0.05, 0.1) is 29.0 Å². The van der Waals surface area contributed by atoms with Gasteiger partial charge >= 0.3 is 6.03 Å². The molecule has 0 atom stereocenters. The Hall–Kier alpha value is -7.16. The summed E-state index contributed by atoms with van der Waals surface area (Å²) in [4.78, 5) is 32.7. The molecule has 15 heteroatoms. The van der Waals surface area contributed by atoms with Crippen LogP contribution in [0.2, 0.25) is 10.0 Å². The van der Waals surface area contributed by atoms with Gasteiger partial charge in [-0.05, 0) is 78.9 Å². The van der Waals surface area contributed by atoms with Gasteiger partial charge in [-0.2, -0.15) is 20.6 Å². The molecule has 0 unspecified atom stereocenters. The molecule has 276 valence electrons. The smallest absolute Gasteiger partial charge is 0.340 e. The van der Waals surface area contributed by atoms with Crippen molar-refractivity contribution >= 4 is 79.8 Å². The van der Waals surface area contributed by atoms with E-state index in [1.54, 1.807) is 109 Å². The molecular formula is C42H26BrCl2N11O. The molecule has 0 saturated heterocycles. The number of carbonyl (C=O) groups excluding carboxylic acids is 1. The fourth-order valence-corrected chi connectivity index (χ4v) is 6.52. The Morgan fingerprint density at radius 2 is 1.14 bits per heavy atom. The lowest BCUT2D eigenvalue weighted by molar-refractivity contribution is 0.254. The van der Waals surface area contributed by atoms with Crippen LogP contribution in [0, 0.1) is 22.7 Å². The molecule has 0 aliphatic heterocycles. The van der Waals surface area contributed by atoms with E-state index in [4.69, 9.17) is 44.0 Å². The number of aromatic nitrogens is 4. The summed E-state index contributed by atoms with van der Waals surface area (Å²) in [6, 6.07) is 38.1. The molecule has 57 heavy (non-hydrogen) atoms. The number of carbonyl (C=O) groups is 1. The largest absolute Gasteiger partial charge is 0.350 e. The van der Waals surface area contributed by atoms with E-state index in [1.165, 1.54) is 0 Å². The van der Waals surface area contributed by atoms with Gasteiger partial charge in [-0.15, -0.1) is 0 Å². The molecule has 12 nitrogen and oxygen atoms in total. The van der Waals surface area contributed by atoms with Crippen molar-refractivity contribution in [2.75, 3.05) is 15.6 Å². The first kappa shape index (κ1) is 38.1. The average Bonchev–Trinajstić information content (AvgIpc) is 3.22. The lowest BCUT2D eigenvalue weighted by Crippen LogP contribution is -2.33. The van der Waals surface area contributed by atoms with Crippen molar-refractivity contribution in [3.05, 3.63) is 171 Å². The SMILES string of the molecule is N#Cc1ccc(Nc2ncc(-c3ccccc3Cl)c(C(=NN(C(N)=O)c3cccc(Br)c3)c3nc(Nc4ccc(C#N)cc4)ncc3-c3ccccc3Cl)n2)cc1. The number of hydrogen-bond donors (Lipinski definition) is 3. The number of halogens is 3. The number of benzene rings is 5. The molecule has 0 aliphatic rings. The fraction of sp³-hybridized carbons (Fsp3) is 0. The lowest BCUT2D eigenvalue weighted by Gasteiger charge is -2.21. The van der Waals surface area contributed by atoms with Crippen LogP contribution in [0.4, 0.5) is 33.8 Å². The molecule has 0 saturated carbocycles. The summed E-state index contributed by atoms with van der Waals surface area (Å²) in [6.07, 6.45) is 3.18. The van der Waals surface area contributed by atoms with Gasteiger partial charge in [0.25, 0.3) is 0 Å². The monoisotopic (exact) mass is 849 g/mol. The molecule has 4 N–H and O–H groups in total. The van der Waals surface area contributed by atoms with Gasteiger partial charge in [-0.3, -0.25) is 0 Å². The minimum atomic E-state index is -0.904. The van der Waals surface area contributed by atoms with E-state index in [2.05, 4.69) is 48.7 Å². The molecule has 7 aromatic rings. The summed E-state index contributed by atoms with van der Waals surface area (Å²) in [5.41, 5.74) is 11.0. The Kier molecular flexibility index (Phi) is 11.4. The van der Waals surface area contributed by atoms with Gasteiger partial charge in [0.2, 0.25) is 11.9 Å². The zero-order chi connectivity index (χ0) is 39.9. The van der Waals surface area contributed by atoms with Crippen LogP contribution >= 0.6 is 39.1 Å². The van der Waals surface area contributed by atoms with E-state index < -0.39 is 6.03 Å². The minimum absolute atomic E-state index is 0.0640. The van der Waals surface area contributed by atoms with Gasteiger partial charge in [0, 0.05) is 60.5 Å². The molecule has 5 aromatic carbocycles. The van der Waals surface area contributed by atoms with E-state index in [-0.39, 0.29) is 29.0 Å². The van der Waals surface area contributed by atoms with Gasteiger partial charge < -0.3 is 16.4 Å². The van der Waals surface area contributed by atoms with Crippen LogP contribution in [0.1, 0.15) is 22.5 Å². The summed E-state index contributed by atoms with van der Waals surface area (Å²) in [5.74, 6) is 0.297. The molecule has 0 spiro atoms. The lowest BCUT2D eigenvalue weighted by atomic mass is 9.97. The number of nitriles is 2. The van der Waals surface area contributed by atoms with Crippen LogP contribution in [0.25, 0.3) is 22.3 Å². The maximum Gasteiger partial charge on any atom is 0.340 e. The summed E-state index contributed by atoms with van der Waals surface area (Å²) >= 11 is 17.2. The topological polar surface area (TPSA) is 182 Å². The van der Waals surface area contributed by atoms with Crippen molar-refractivity contribution in [1.29, 1.82) is 10.5 Å². The first-order chi connectivity index (χ1) is 27.7. The standard InChI is InChI=1S/C42H26BrCl2N11O/c43-27-6-5-7-30(20-27)56(40(48)57)55-39(37-33(31-8-1-3-10-35(31)44)23-49-41(53-37)51-28-16-12-25(21-46)13-17-28)38-34(32-9-2-4-11-36(32)45)24-50-42(54-38)52-29-18-14-26(22-47)15-19-29/h1-20,23-24H,(H2,48,57)(H,49,51,53)(H,50,52,54). The van der Waals surface area contributed by atoms with Gasteiger partial charge in [-0.25, -0.2) is 24.7 Å². The Balaban J connectivity index is 1.54. The molecule has 2 aromatic heterocycles. The maximum atomic E-state index is 13.4. The predicted octanol–water partition coefficient (Wildman–Crippen LogP) is 10.2. The van der Waals surface area contributed by atoms with Crippen molar-refractivity contribution < 1.29 is 4.79 Å². The highest BCUT2D eigenvalue weighted by molar-refractivity contribution is 9.10. The first-order valence-corrected chi connectivity index (χ1v) is 18.5. The quantitative estimate of drug-likeness (QED) is 0.0891. The number of rotatable bonds is 10. The number of urea groups is 1. The van der Waals surface area contributed by atoms with Crippen LogP contribution in [0.15, 0.2) is 143 Å². The number of nitrogens with one attached hydrogen (secondary N) is 2. The third-order valence-electron chi connectivity index (χ3n) is 8.36. The molecule has 0 radical (unpaired) electrons. The van der Waals surface area contributed by atoms with E-state index in [0.717, 1.165) is 5.01 Å². The Labute approximate surface area is 345 Å². The van der Waals surface area contributed by atoms with E-state index >= 15 is 0 Å². The number of nitrogens with zero attached hydrogens (tertiary/aromatic N) is 8. The second-order valence-corrected chi connectivity index (χ2v) is 13.8. The zero-order valence-corrected chi connectivity index (χ0v) is 32.5.